The van der Waals surface area contributed by atoms with Crippen molar-refractivity contribution in [1.29, 1.82) is 0 Å². The number of carbonyl (C=O) groups excluding carboxylic acids is 1. The lowest BCUT2D eigenvalue weighted by Crippen LogP contribution is -2.48. The van der Waals surface area contributed by atoms with Crippen LogP contribution >= 0.6 is 0 Å². The molecule has 0 aliphatic rings. The number of benzene rings is 1. The highest BCUT2D eigenvalue weighted by Gasteiger charge is 2.29. The van der Waals surface area contributed by atoms with E-state index in [1.54, 1.807) is 40.7 Å². The van der Waals surface area contributed by atoms with Gasteiger partial charge in [0.1, 0.15) is 11.3 Å². The van der Waals surface area contributed by atoms with Gasteiger partial charge in [-0.05, 0) is 40.2 Å². The molecule has 0 spiro atoms. The van der Waals surface area contributed by atoms with Crippen molar-refractivity contribution in [2.45, 2.75) is 65.0 Å². The number of carbonyl (C=O) groups is 1. The second kappa shape index (κ2) is 9.37. The highest BCUT2D eigenvalue weighted by molar-refractivity contribution is 5.68. The molecule has 29 heavy (non-hydrogen) atoms. The van der Waals surface area contributed by atoms with Gasteiger partial charge in [0, 0.05) is 24.6 Å². The summed E-state index contributed by atoms with van der Waals surface area (Å²) in [5, 5.41) is 6.55. The molecule has 1 aromatic heterocycles. The van der Waals surface area contributed by atoms with Crippen LogP contribution in [0.2, 0.25) is 0 Å². The Morgan fingerprint density at radius 1 is 1.24 bits per heavy atom. The molecule has 160 valence electrons. The van der Waals surface area contributed by atoms with Crippen molar-refractivity contribution >= 4 is 6.09 Å². The third kappa shape index (κ3) is 7.14. The maximum Gasteiger partial charge on any atom is 0.409 e. The predicted octanol–water partition coefficient (Wildman–Crippen LogP) is 4.48. The molecule has 7 nitrogen and oxygen atoms in total. The number of nitrogens with one attached hydrogen (secondary N) is 1. The highest BCUT2D eigenvalue weighted by atomic mass is 19.1. The van der Waals surface area contributed by atoms with Crippen LogP contribution in [0.5, 0.6) is 0 Å². The molecule has 0 aliphatic heterocycles. The molecule has 3 N–H and O–H groups in total. The van der Waals surface area contributed by atoms with Gasteiger partial charge < -0.3 is 19.7 Å². The molecule has 0 unspecified atom stereocenters. The van der Waals surface area contributed by atoms with Crippen LogP contribution in [-0.4, -0.2) is 29.3 Å². The van der Waals surface area contributed by atoms with Crippen LogP contribution in [0, 0.1) is 0 Å². The van der Waals surface area contributed by atoms with E-state index in [4.69, 9.17) is 19.7 Å². The van der Waals surface area contributed by atoms with E-state index >= 15 is 0 Å². The van der Waals surface area contributed by atoms with Crippen LogP contribution in [-0.2, 0) is 16.0 Å². The fourth-order valence-corrected chi connectivity index (χ4v) is 2.73. The van der Waals surface area contributed by atoms with E-state index in [0.717, 1.165) is 11.1 Å². The SMILES string of the molecule is CC(C)(C)OC(=O)NC(C)(C)O[C@@H](CCF)c1ccc(-c2cc(CN)no2)cc1. The van der Waals surface area contributed by atoms with Crippen LogP contribution in [0.1, 0.15) is 58.4 Å². The minimum Gasteiger partial charge on any atom is -0.444 e. The second-order valence-corrected chi connectivity index (χ2v) is 8.23. The predicted molar refractivity (Wildman–Crippen MR) is 108 cm³/mol. The average molecular weight is 407 g/mol. The molecule has 0 radical (unpaired) electrons. The molecule has 0 saturated carbocycles. The summed E-state index contributed by atoms with van der Waals surface area (Å²) in [5.41, 5.74) is 6.14. The summed E-state index contributed by atoms with van der Waals surface area (Å²) < 4.78 is 29.7. The summed E-state index contributed by atoms with van der Waals surface area (Å²) in [7, 11) is 0. The van der Waals surface area contributed by atoms with Gasteiger partial charge in [-0.1, -0.05) is 29.4 Å². The van der Waals surface area contributed by atoms with Crippen molar-refractivity contribution in [3.8, 4) is 11.3 Å². The number of ether oxygens (including phenoxy) is 2. The van der Waals surface area contributed by atoms with Crippen molar-refractivity contribution in [1.82, 2.24) is 10.5 Å². The Balaban J connectivity index is 2.10. The normalized spacial score (nSPS) is 13.2. The first-order chi connectivity index (χ1) is 13.5. The summed E-state index contributed by atoms with van der Waals surface area (Å²) in [4.78, 5) is 12.1. The maximum absolute atomic E-state index is 13.1. The van der Waals surface area contributed by atoms with Crippen molar-refractivity contribution in [2.24, 2.45) is 5.73 Å². The number of rotatable bonds is 8. The Morgan fingerprint density at radius 3 is 2.41 bits per heavy atom. The molecule has 2 aromatic rings. The lowest BCUT2D eigenvalue weighted by atomic mass is 10.0. The number of alkyl halides is 1. The second-order valence-electron chi connectivity index (χ2n) is 8.23. The molecule has 8 heteroatoms. The van der Waals surface area contributed by atoms with E-state index in [-0.39, 0.29) is 6.42 Å². The number of hydrogen-bond acceptors (Lipinski definition) is 6. The number of halogens is 1. The standard InChI is InChI=1S/C21H30FN3O4/c1-20(2,3)28-19(26)24-21(4,5)27-17(10-11-22)14-6-8-15(9-7-14)18-12-16(13-23)25-29-18/h6-9,12,17H,10-11,13,23H2,1-5H3,(H,24,26)/t17-/m0/s1. The third-order valence-corrected chi connectivity index (χ3v) is 3.95. The zero-order valence-electron chi connectivity index (χ0n) is 17.6. The van der Waals surface area contributed by atoms with Gasteiger partial charge in [0.25, 0.3) is 0 Å². The maximum atomic E-state index is 13.1. The molecule has 2 rings (SSSR count). The van der Waals surface area contributed by atoms with Crippen molar-refractivity contribution in [2.75, 3.05) is 6.67 Å². The largest absolute Gasteiger partial charge is 0.444 e. The first-order valence-corrected chi connectivity index (χ1v) is 9.54. The molecule has 0 aliphatic carbocycles. The number of amides is 1. The molecule has 0 fully saturated rings. The quantitative estimate of drug-likeness (QED) is 0.626. The molecule has 0 saturated heterocycles. The number of alkyl carbamates (subject to hydrolysis) is 1. The fourth-order valence-electron chi connectivity index (χ4n) is 2.73. The van der Waals surface area contributed by atoms with E-state index in [1.165, 1.54) is 0 Å². The third-order valence-electron chi connectivity index (χ3n) is 3.95. The monoisotopic (exact) mass is 407 g/mol. The van der Waals surface area contributed by atoms with Gasteiger partial charge in [0.05, 0.1) is 18.5 Å². The van der Waals surface area contributed by atoms with Crippen molar-refractivity contribution < 1.29 is 23.2 Å². The van der Waals surface area contributed by atoms with Gasteiger partial charge in [-0.3, -0.25) is 9.71 Å². The smallest absolute Gasteiger partial charge is 0.409 e. The highest BCUT2D eigenvalue weighted by Crippen LogP contribution is 2.29. The Morgan fingerprint density at radius 2 is 1.90 bits per heavy atom. The van der Waals surface area contributed by atoms with Crippen LogP contribution < -0.4 is 11.1 Å². The van der Waals surface area contributed by atoms with E-state index in [1.807, 2.05) is 24.3 Å². The van der Waals surface area contributed by atoms with E-state index in [0.29, 0.717) is 18.0 Å². The molecular formula is C21H30FN3O4. The summed E-state index contributed by atoms with van der Waals surface area (Å²) >= 11 is 0. The van der Waals surface area contributed by atoms with E-state index in [9.17, 15) is 9.18 Å². The first kappa shape index (κ1) is 22.8. The van der Waals surface area contributed by atoms with Crippen LogP contribution in [0.3, 0.4) is 0 Å². The average Bonchev–Trinajstić information content (AvgIpc) is 3.08. The topological polar surface area (TPSA) is 99.6 Å². The molecule has 1 atom stereocenters. The van der Waals surface area contributed by atoms with Crippen LogP contribution in [0.4, 0.5) is 9.18 Å². The lowest BCUT2D eigenvalue weighted by Gasteiger charge is -2.32. The van der Waals surface area contributed by atoms with Crippen LogP contribution in [0.15, 0.2) is 34.9 Å². The Bertz CT molecular complexity index is 797. The van der Waals surface area contributed by atoms with E-state index in [2.05, 4.69) is 10.5 Å². The minimum atomic E-state index is -1.05. The number of hydrogen-bond donors (Lipinski definition) is 2. The van der Waals surface area contributed by atoms with Gasteiger partial charge in [-0.15, -0.1) is 0 Å². The molecule has 1 amide bonds. The number of nitrogens with zero attached hydrogens (tertiary/aromatic N) is 1. The van der Waals surface area contributed by atoms with E-state index < -0.39 is 30.2 Å². The van der Waals surface area contributed by atoms with Crippen molar-refractivity contribution in [3.63, 3.8) is 0 Å². The van der Waals surface area contributed by atoms with Gasteiger partial charge in [0.2, 0.25) is 0 Å². The minimum absolute atomic E-state index is 0.151. The fraction of sp³-hybridized carbons (Fsp3) is 0.524. The lowest BCUT2D eigenvalue weighted by molar-refractivity contribution is -0.0979. The molecular weight excluding hydrogens is 377 g/mol. The van der Waals surface area contributed by atoms with Gasteiger partial charge in [-0.2, -0.15) is 0 Å². The van der Waals surface area contributed by atoms with Crippen molar-refractivity contribution in [3.05, 3.63) is 41.6 Å². The van der Waals surface area contributed by atoms with Gasteiger partial charge >= 0.3 is 6.09 Å². The molecule has 1 heterocycles. The first-order valence-electron chi connectivity index (χ1n) is 9.54. The summed E-state index contributed by atoms with van der Waals surface area (Å²) in [6.07, 6.45) is -0.996. The summed E-state index contributed by atoms with van der Waals surface area (Å²) in [6.45, 7) is 8.46. The Kier molecular flexibility index (Phi) is 7.37. The Hall–Kier alpha value is -2.45. The van der Waals surface area contributed by atoms with Gasteiger partial charge in [-0.25, -0.2) is 4.79 Å². The summed E-state index contributed by atoms with van der Waals surface area (Å²) in [6, 6.07) is 9.14. The number of aromatic nitrogens is 1. The molecule has 1 aromatic carbocycles. The Labute approximate surface area is 170 Å². The zero-order chi connectivity index (χ0) is 21.7. The number of nitrogens with two attached hydrogens (primary N) is 1. The summed E-state index contributed by atoms with van der Waals surface area (Å²) in [5.74, 6) is 0.604. The molecule has 0 bridgehead atoms. The van der Waals surface area contributed by atoms with Gasteiger partial charge in [0.15, 0.2) is 5.76 Å². The zero-order valence-corrected chi connectivity index (χ0v) is 17.6. The van der Waals surface area contributed by atoms with Crippen LogP contribution in [0.25, 0.3) is 11.3 Å².